The van der Waals surface area contributed by atoms with Crippen LogP contribution in [0.25, 0.3) is 5.69 Å². The number of aromatic nitrogens is 3. The number of thioether (sulfide) groups is 1. The minimum atomic E-state index is -0.256. The largest absolute Gasteiger partial charge is 0.497 e. The predicted octanol–water partition coefficient (Wildman–Crippen LogP) is 6.44. The summed E-state index contributed by atoms with van der Waals surface area (Å²) in [6.45, 7) is 4.65. The zero-order valence-corrected chi connectivity index (χ0v) is 27.9. The Hall–Kier alpha value is -4.94. The van der Waals surface area contributed by atoms with Crippen LogP contribution < -0.4 is 14.8 Å². The molecule has 0 saturated carbocycles. The van der Waals surface area contributed by atoms with E-state index in [9.17, 15) is 9.59 Å². The van der Waals surface area contributed by atoms with E-state index in [2.05, 4.69) is 39.8 Å². The van der Waals surface area contributed by atoms with Gasteiger partial charge in [0.15, 0.2) is 11.0 Å². The van der Waals surface area contributed by atoms with Crippen molar-refractivity contribution in [1.29, 1.82) is 0 Å². The van der Waals surface area contributed by atoms with Crippen LogP contribution in [0.5, 0.6) is 11.5 Å². The van der Waals surface area contributed by atoms with Crippen LogP contribution >= 0.6 is 23.1 Å². The van der Waals surface area contributed by atoms with E-state index in [1.807, 2.05) is 60.2 Å². The van der Waals surface area contributed by atoms with Crippen LogP contribution in [-0.4, -0.2) is 56.8 Å². The second-order valence-corrected chi connectivity index (χ2v) is 12.6. The Bertz CT molecular complexity index is 1850. The lowest BCUT2D eigenvalue weighted by molar-refractivity contribution is -0.130. The number of rotatable bonds is 12. The minimum Gasteiger partial charge on any atom is -0.497 e. The van der Waals surface area contributed by atoms with Crippen molar-refractivity contribution < 1.29 is 19.1 Å². The van der Waals surface area contributed by atoms with E-state index in [1.54, 1.807) is 47.7 Å². The van der Waals surface area contributed by atoms with Crippen molar-refractivity contribution in [2.75, 3.05) is 19.5 Å². The highest BCUT2D eigenvalue weighted by Gasteiger charge is 2.33. The number of thiophene rings is 1. The summed E-state index contributed by atoms with van der Waals surface area (Å²) in [5, 5.41) is 20.7. The first-order valence-corrected chi connectivity index (χ1v) is 17.0. The second kappa shape index (κ2) is 14.7. The topological polar surface area (TPSA) is 111 Å². The molecule has 0 bridgehead atoms. The van der Waals surface area contributed by atoms with Gasteiger partial charge in [0.25, 0.3) is 11.8 Å². The van der Waals surface area contributed by atoms with Crippen molar-refractivity contribution in [1.82, 2.24) is 25.1 Å². The van der Waals surface area contributed by atoms with Crippen LogP contribution in [0.3, 0.4) is 0 Å². The molecule has 0 spiro atoms. The summed E-state index contributed by atoms with van der Waals surface area (Å²) in [5.41, 5.74) is 4.37. The Kier molecular flexibility index (Phi) is 9.98. The molecule has 3 aromatic carbocycles. The number of ether oxygens (including phenoxy) is 2. The SMILES string of the molecule is CCOc1ccc(-n2c(CNC(=O)c3ccc(OC)cc3)nnc2SCC(=O)N2N=C(c3cccs3)C[C@@H]2c2ccc(C)cc2)cc1. The first-order valence-electron chi connectivity index (χ1n) is 15.2. The van der Waals surface area contributed by atoms with Gasteiger partial charge in [-0.05, 0) is 79.4 Å². The molecule has 240 valence electrons. The highest BCUT2D eigenvalue weighted by atomic mass is 32.2. The normalized spacial score (nSPS) is 14.1. The van der Waals surface area contributed by atoms with Crippen LogP contribution in [0.15, 0.2) is 101 Å². The molecule has 1 atom stereocenters. The number of hydrogen-bond acceptors (Lipinski definition) is 9. The van der Waals surface area contributed by atoms with E-state index in [0.717, 1.165) is 33.2 Å². The number of nitrogens with zero attached hydrogens (tertiary/aromatic N) is 5. The molecule has 0 fully saturated rings. The third-order valence-electron chi connectivity index (χ3n) is 7.62. The van der Waals surface area contributed by atoms with E-state index in [1.165, 1.54) is 11.8 Å². The molecule has 1 aliphatic rings. The lowest BCUT2D eigenvalue weighted by Crippen LogP contribution is -2.28. The lowest BCUT2D eigenvalue weighted by Gasteiger charge is -2.22. The van der Waals surface area contributed by atoms with Crippen LogP contribution in [0.4, 0.5) is 0 Å². The summed E-state index contributed by atoms with van der Waals surface area (Å²) in [6.07, 6.45) is 0.639. The van der Waals surface area contributed by atoms with Gasteiger partial charge in [0.2, 0.25) is 0 Å². The summed E-state index contributed by atoms with van der Waals surface area (Å²) < 4.78 is 12.7. The van der Waals surface area contributed by atoms with Gasteiger partial charge in [-0.15, -0.1) is 21.5 Å². The van der Waals surface area contributed by atoms with Crippen molar-refractivity contribution in [3.05, 3.63) is 118 Å². The monoisotopic (exact) mass is 666 g/mol. The molecule has 0 unspecified atom stereocenters. The molecule has 5 aromatic rings. The average molecular weight is 667 g/mol. The van der Waals surface area contributed by atoms with Crippen molar-refractivity contribution in [2.45, 2.75) is 38.0 Å². The maximum atomic E-state index is 13.8. The Morgan fingerprint density at radius 1 is 0.979 bits per heavy atom. The molecule has 1 N–H and O–H groups in total. The number of methoxy groups -OCH3 is 1. The molecule has 47 heavy (non-hydrogen) atoms. The number of carbonyl (C=O) groups excluding carboxylic acids is 2. The Morgan fingerprint density at radius 3 is 2.40 bits per heavy atom. The molecule has 3 heterocycles. The molecule has 1 aliphatic heterocycles. The van der Waals surface area contributed by atoms with Gasteiger partial charge < -0.3 is 14.8 Å². The highest BCUT2D eigenvalue weighted by molar-refractivity contribution is 7.99. The van der Waals surface area contributed by atoms with Crippen LogP contribution in [0.2, 0.25) is 0 Å². The minimum absolute atomic E-state index is 0.0942. The second-order valence-electron chi connectivity index (χ2n) is 10.8. The third kappa shape index (κ3) is 7.39. The summed E-state index contributed by atoms with van der Waals surface area (Å²) in [7, 11) is 1.58. The molecular formula is C35H34N6O4S2. The first kappa shape index (κ1) is 32.0. The number of hydrogen-bond donors (Lipinski definition) is 1. The van der Waals surface area contributed by atoms with E-state index in [0.29, 0.717) is 35.3 Å². The van der Waals surface area contributed by atoms with Gasteiger partial charge in [-0.3, -0.25) is 14.2 Å². The van der Waals surface area contributed by atoms with Crippen LogP contribution in [-0.2, 0) is 11.3 Å². The van der Waals surface area contributed by atoms with Crippen molar-refractivity contribution in [2.24, 2.45) is 5.10 Å². The Labute approximate surface area is 281 Å². The molecule has 6 rings (SSSR count). The number of hydrazone groups is 1. The summed E-state index contributed by atoms with van der Waals surface area (Å²) in [5.74, 6) is 1.62. The first-order chi connectivity index (χ1) is 22.9. The third-order valence-corrected chi connectivity index (χ3v) is 9.46. The number of carbonyl (C=O) groups is 2. The quantitative estimate of drug-likeness (QED) is 0.153. The van der Waals surface area contributed by atoms with E-state index in [4.69, 9.17) is 14.6 Å². The predicted molar refractivity (Wildman–Crippen MR) is 184 cm³/mol. The molecule has 2 aromatic heterocycles. The fraction of sp³-hybridized carbons (Fsp3) is 0.229. The van der Waals surface area contributed by atoms with E-state index >= 15 is 0 Å². The summed E-state index contributed by atoms with van der Waals surface area (Å²) in [4.78, 5) is 27.8. The van der Waals surface area contributed by atoms with Crippen molar-refractivity contribution in [3.8, 4) is 17.2 Å². The molecule has 0 radical (unpaired) electrons. The number of benzene rings is 3. The van der Waals surface area contributed by atoms with Crippen LogP contribution in [0.1, 0.15) is 51.6 Å². The number of nitrogens with one attached hydrogen (secondary N) is 1. The molecule has 10 nitrogen and oxygen atoms in total. The maximum Gasteiger partial charge on any atom is 0.253 e. The molecule has 0 saturated heterocycles. The maximum absolute atomic E-state index is 13.8. The van der Waals surface area contributed by atoms with Gasteiger partial charge in [0.1, 0.15) is 11.5 Å². The van der Waals surface area contributed by atoms with Gasteiger partial charge in [-0.1, -0.05) is 47.7 Å². The standard InChI is InChI=1S/C35H34N6O4S2/c1-4-45-28-17-13-26(14-18-28)40-32(21-36-34(43)25-11-15-27(44-3)16-12-25)37-38-35(40)47-22-33(42)41-30(24-9-7-23(2)8-10-24)20-29(39-41)31-6-5-19-46-31/h5-19,30H,4,20-22H2,1-3H3,(H,36,43)/t30-/m1/s1. The lowest BCUT2D eigenvalue weighted by atomic mass is 10.00. The van der Waals surface area contributed by atoms with Gasteiger partial charge in [0.05, 0.1) is 42.6 Å². The van der Waals surface area contributed by atoms with Gasteiger partial charge in [0, 0.05) is 17.7 Å². The average Bonchev–Trinajstić information content (AvgIpc) is 3.88. The fourth-order valence-electron chi connectivity index (χ4n) is 5.20. The Morgan fingerprint density at radius 2 is 1.72 bits per heavy atom. The molecule has 12 heteroatoms. The number of amides is 2. The smallest absolute Gasteiger partial charge is 0.253 e. The zero-order chi connectivity index (χ0) is 32.8. The van der Waals surface area contributed by atoms with E-state index in [-0.39, 0.29) is 30.2 Å². The van der Waals surface area contributed by atoms with Crippen LogP contribution in [0, 0.1) is 6.92 Å². The van der Waals surface area contributed by atoms with Gasteiger partial charge >= 0.3 is 0 Å². The van der Waals surface area contributed by atoms with Gasteiger partial charge in [-0.25, -0.2) is 5.01 Å². The molecule has 0 aliphatic carbocycles. The molecule has 2 amide bonds. The van der Waals surface area contributed by atoms with Gasteiger partial charge in [-0.2, -0.15) is 5.10 Å². The van der Waals surface area contributed by atoms with E-state index < -0.39 is 0 Å². The Balaban J connectivity index is 1.23. The van der Waals surface area contributed by atoms with Crippen molar-refractivity contribution in [3.63, 3.8) is 0 Å². The van der Waals surface area contributed by atoms with Crippen molar-refractivity contribution >= 4 is 40.6 Å². The molecular weight excluding hydrogens is 633 g/mol. The zero-order valence-electron chi connectivity index (χ0n) is 26.3. The highest BCUT2D eigenvalue weighted by Crippen LogP contribution is 2.35. The summed E-state index contributed by atoms with van der Waals surface area (Å²) in [6, 6.07) is 26.5. The fourth-order valence-corrected chi connectivity index (χ4v) is 6.75. The summed E-state index contributed by atoms with van der Waals surface area (Å²) >= 11 is 2.90. The number of aryl methyl sites for hydroxylation is 1.